The fraction of sp³-hybridized carbons (Fsp3) is 0.562. The van der Waals surface area contributed by atoms with Gasteiger partial charge in [-0.3, -0.25) is 4.79 Å². The van der Waals surface area contributed by atoms with Crippen LogP contribution in [-0.4, -0.2) is 30.9 Å². The first-order valence-electron chi connectivity index (χ1n) is 7.24. The molecule has 1 amide bonds. The van der Waals surface area contributed by atoms with E-state index in [1.54, 1.807) is 0 Å². The van der Waals surface area contributed by atoms with Crippen LogP contribution < -0.4 is 5.32 Å². The Kier molecular flexibility index (Phi) is 5.40. The van der Waals surface area contributed by atoms with Crippen LogP contribution >= 0.6 is 0 Å². The number of carbonyl (C=O) groups is 1. The summed E-state index contributed by atoms with van der Waals surface area (Å²) in [5.41, 5.74) is 1.19. The monoisotopic (exact) mass is 260 g/mol. The van der Waals surface area contributed by atoms with Gasteiger partial charge >= 0.3 is 0 Å². The Labute approximate surface area is 116 Å². The zero-order valence-corrected chi connectivity index (χ0v) is 11.8. The van der Waals surface area contributed by atoms with Gasteiger partial charge < -0.3 is 10.2 Å². The van der Waals surface area contributed by atoms with Crippen LogP contribution in [0.5, 0.6) is 0 Å². The molecule has 1 aromatic rings. The van der Waals surface area contributed by atoms with Crippen molar-refractivity contribution in [2.75, 3.05) is 20.1 Å². The minimum Gasteiger partial charge on any atom is -0.341 e. The molecular weight excluding hydrogens is 236 g/mol. The summed E-state index contributed by atoms with van der Waals surface area (Å²) in [5.74, 6) is 0.998. The molecule has 0 aliphatic carbocycles. The molecular formula is C16H24N2O. The van der Waals surface area contributed by atoms with Gasteiger partial charge in [-0.2, -0.15) is 0 Å². The molecule has 19 heavy (non-hydrogen) atoms. The van der Waals surface area contributed by atoms with E-state index >= 15 is 0 Å². The van der Waals surface area contributed by atoms with Crippen molar-refractivity contribution in [3.8, 4) is 0 Å². The predicted molar refractivity (Wildman–Crippen MR) is 77.7 cm³/mol. The van der Waals surface area contributed by atoms with Gasteiger partial charge in [0.2, 0.25) is 5.91 Å². The second-order valence-electron chi connectivity index (χ2n) is 5.47. The molecule has 1 saturated heterocycles. The zero-order valence-electron chi connectivity index (χ0n) is 11.8. The summed E-state index contributed by atoms with van der Waals surface area (Å²) in [6.07, 6.45) is 4.17. The maximum absolute atomic E-state index is 12.1. The van der Waals surface area contributed by atoms with Crippen molar-refractivity contribution in [1.29, 1.82) is 0 Å². The molecule has 3 nitrogen and oxygen atoms in total. The number of benzene rings is 1. The summed E-state index contributed by atoms with van der Waals surface area (Å²) >= 11 is 0. The number of hydrogen-bond donors (Lipinski definition) is 1. The minimum atomic E-state index is 0.266. The highest BCUT2D eigenvalue weighted by Gasteiger charge is 2.16. The first-order valence-corrected chi connectivity index (χ1v) is 7.24. The van der Waals surface area contributed by atoms with Gasteiger partial charge in [0.1, 0.15) is 0 Å². The molecule has 1 heterocycles. The summed E-state index contributed by atoms with van der Waals surface area (Å²) < 4.78 is 0. The van der Waals surface area contributed by atoms with Crippen LogP contribution in [0.3, 0.4) is 0 Å². The smallest absolute Gasteiger partial charge is 0.222 e. The number of nitrogens with one attached hydrogen (secondary N) is 1. The SMILES string of the molecule is CN(Cc1ccccc1)C(=O)CCC1CCNCC1. The summed E-state index contributed by atoms with van der Waals surface area (Å²) in [6, 6.07) is 10.2. The first-order chi connectivity index (χ1) is 9.25. The average Bonchev–Trinajstić information content (AvgIpc) is 2.47. The van der Waals surface area contributed by atoms with E-state index < -0.39 is 0 Å². The maximum atomic E-state index is 12.1. The summed E-state index contributed by atoms with van der Waals surface area (Å²) in [7, 11) is 1.90. The van der Waals surface area contributed by atoms with Gasteiger partial charge in [-0.15, -0.1) is 0 Å². The molecule has 0 bridgehead atoms. The Bertz CT molecular complexity index is 385. The molecule has 104 valence electrons. The van der Waals surface area contributed by atoms with Crippen molar-refractivity contribution in [1.82, 2.24) is 10.2 Å². The largest absolute Gasteiger partial charge is 0.341 e. The van der Waals surface area contributed by atoms with Gasteiger partial charge in [0.05, 0.1) is 0 Å². The number of rotatable bonds is 5. The van der Waals surface area contributed by atoms with Crippen LogP contribution in [0.2, 0.25) is 0 Å². The molecule has 0 aromatic heterocycles. The summed E-state index contributed by atoms with van der Waals surface area (Å²) in [4.78, 5) is 13.9. The van der Waals surface area contributed by atoms with Gasteiger partial charge in [-0.05, 0) is 43.8 Å². The molecule has 2 rings (SSSR count). The van der Waals surface area contributed by atoms with E-state index in [9.17, 15) is 4.79 Å². The molecule has 1 N–H and O–H groups in total. The van der Waals surface area contributed by atoms with Crippen LogP contribution in [0.25, 0.3) is 0 Å². The zero-order chi connectivity index (χ0) is 13.5. The standard InChI is InChI=1S/C16H24N2O/c1-18(13-15-5-3-2-4-6-15)16(19)8-7-14-9-11-17-12-10-14/h2-6,14,17H,7-13H2,1H3. The van der Waals surface area contributed by atoms with Crippen LogP contribution in [0.1, 0.15) is 31.2 Å². The van der Waals surface area contributed by atoms with E-state index in [-0.39, 0.29) is 5.91 Å². The third kappa shape index (κ3) is 4.67. The second-order valence-corrected chi connectivity index (χ2v) is 5.47. The lowest BCUT2D eigenvalue weighted by Crippen LogP contribution is -2.30. The van der Waals surface area contributed by atoms with E-state index in [0.29, 0.717) is 13.0 Å². The molecule has 0 atom stereocenters. The van der Waals surface area contributed by atoms with E-state index in [2.05, 4.69) is 17.4 Å². The Morgan fingerprint density at radius 3 is 2.63 bits per heavy atom. The third-order valence-electron chi connectivity index (χ3n) is 3.91. The van der Waals surface area contributed by atoms with E-state index in [0.717, 1.165) is 25.4 Å². The summed E-state index contributed by atoms with van der Waals surface area (Å²) in [5, 5.41) is 3.36. The molecule has 0 saturated carbocycles. The van der Waals surface area contributed by atoms with Crippen LogP contribution in [0.15, 0.2) is 30.3 Å². The Morgan fingerprint density at radius 1 is 1.26 bits per heavy atom. The molecule has 0 unspecified atom stereocenters. The van der Waals surface area contributed by atoms with Gasteiger partial charge in [-0.25, -0.2) is 0 Å². The fourth-order valence-corrected chi connectivity index (χ4v) is 2.63. The van der Waals surface area contributed by atoms with Crippen LogP contribution in [-0.2, 0) is 11.3 Å². The average molecular weight is 260 g/mol. The van der Waals surface area contributed by atoms with Crippen molar-refractivity contribution in [3.63, 3.8) is 0 Å². The molecule has 0 spiro atoms. The highest BCUT2D eigenvalue weighted by molar-refractivity contribution is 5.75. The Hall–Kier alpha value is -1.35. The van der Waals surface area contributed by atoms with E-state index in [4.69, 9.17) is 0 Å². The highest BCUT2D eigenvalue weighted by atomic mass is 16.2. The number of carbonyl (C=O) groups excluding carboxylic acids is 1. The lowest BCUT2D eigenvalue weighted by atomic mass is 9.93. The van der Waals surface area contributed by atoms with Gasteiger partial charge in [-0.1, -0.05) is 30.3 Å². The Balaban J connectivity index is 1.73. The molecule has 1 aromatic carbocycles. The van der Waals surface area contributed by atoms with Crippen molar-refractivity contribution < 1.29 is 4.79 Å². The number of hydrogen-bond acceptors (Lipinski definition) is 2. The van der Waals surface area contributed by atoms with Gasteiger partial charge in [0.25, 0.3) is 0 Å². The van der Waals surface area contributed by atoms with Gasteiger partial charge in [0, 0.05) is 20.0 Å². The molecule has 0 radical (unpaired) electrons. The van der Waals surface area contributed by atoms with E-state index in [1.165, 1.54) is 18.4 Å². The van der Waals surface area contributed by atoms with Gasteiger partial charge in [0.15, 0.2) is 0 Å². The van der Waals surface area contributed by atoms with Crippen molar-refractivity contribution in [2.24, 2.45) is 5.92 Å². The molecule has 1 aliphatic rings. The normalized spacial score (nSPS) is 16.3. The highest BCUT2D eigenvalue weighted by Crippen LogP contribution is 2.18. The van der Waals surface area contributed by atoms with Crippen molar-refractivity contribution in [3.05, 3.63) is 35.9 Å². The predicted octanol–water partition coefficient (Wildman–Crippen LogP) is 2.42. The van der Waals surface area contributed by atoms with Crippen LogP contribution in [0.4, 0.5) is 0 Å². The number of piperidine rings is 1. The lowest BCUT2D eigenvalue weighted by molar-refractivity contribution is -0.130. The Morgan fingerprint density at radius 2 is 1.95 bits per heavy atom. The van der Waals surface area contributed by atoms with E-state index in [1.807, 2.05) is 30.1 Å². The lowest BCUT2D eigenvalue weighted by Gasteiger charge is -2.23. The topological polar surface area (TPSA) is 32.3 Å². The minimum absolute atomic E-state index is 0.266. The molecule has 1 aliphatic heterocycles. The van der Waals surface area contributed by atoms with Crippen molar-refractivity contribution in [2.45, 2.75) is 32.2 Å². The fourth-order valence-electron chi connectivity index (χ4n) is 2.63. The summed E-state index contributed by atoms with van der Waals surface area (Å²) in [6.45, 7) is 2.93. The number of amides is 1. The quantitative estimate of drug-likeness (QED) is 0.882. The number of nitrogens with zero attached hydrogens (tertiary/aromatic N) is 1. The molecule has 1 fully saturated rings. The van der Waals surface area contributed by atoms with Crippen molar-refractivity contribution >= 4 is 5.91 Å². The second kappa shape index (κ2) is 7.29. The molecule has 3 heteroatoms. The maximum Gasteiger partial charge on any atom is 0.222 e. The third-order valence-corrected chi connectivity index (χ3v) is 3.91. The van der Waals surface area contributed by atoms with Crippen LogP contribution in [0, 0.1) is 5.92 Å². The first kappa shape index (κ1) is 14.1.